The van der Waals surface area contributed by atoms with E-state index in [1.165, 1.54) is 0 Å². The molecule has 0 aromatic heterocycles. The molecule has 0 radical (unpaired) electrons. The van der Waals surface area contributed by atoms with Gasteiger partial charge >= 0.3 is 5.97 Å². The maximum Gasteiger partial charge on any atom is 0.333 e. The Morgan fingerprint density at radius 2 is 2.11 bits per heavy atom. The predicted octanol–water partition coefficient (Wildman–Crippen LogP) is 4.43. The highest BCUT2D eigenvalue weighted by atomic mass is 79.9. The van der Waals surface area contributed by atoms with E-state index in [-0.39, 0.29) is 6.61 Å². The Kier molecular flexibility index (Phi) is 6.38. The summed E-state index contributed by atoms with van der Waals surface area (Å²) in [6, 6.07) is 5.54. The van der Waals surface area contributed by atoms with E-state index in [1.54, 1.807) is 6.92 Å². The summed E-state index contributed by atoms with van der Waals surface area (Å²) < 4.78 is 12.3. The third kappa shape index (κ3) is 5.12. The van der Waals surface area contributed by atoms with Crippen molar-refractivity contribution < 1.29 is 14.3 Å². The molecule has 98 valence electrons. The molecule has 0 aliphatic heterocycles. The fourth-order valence-corrected chi connectivity index (χ4v) is 2.48. The largest absolute Gasteiger partial charge is 0.474 e. The minimum absolute atomic E-state index is 0.105. The van der Waals surface area contributed by atoms with Crippen LogP contribution < -0.4 is 4.74 Å². The van der Waals surface area contributed by atoms with E-state index < -0.39 is 11.0 Å². The van der Waals surface area contributed by atoms with Crippen molar-refractivity contribution in [3.05, 3.63) is 39.3 Å². The molecule has 1 unspecified atom stereocenters. The summed E-state index contributed by atoms with van der Waals surface area (Å²) in [4.78, 5) is 11.2. The first-order valence-corrected chi connectivity index (χ1v) is 7.48. The van der Waals surface area contributed by atoms with Gasteiger partial charge in [0.15, 0.2) is 5.01 Å². The normalized spacial score (nSPS) is 11.8. The lowest BCUT2D eigenvalue weighted by Crippen LogP contribution is -2.19. The van der Waals surface area contributed by atoms with Crippen molar-refractivity contribution in [1.82, 2.24) is 0 Å². The van der Waals surface area contributed by atoms with Gasteiger partial charge in [-0.1, -0.05) is 22.5 Å². The number of alkyl halides is 1. The zero-order valence-electron chi connectivity index (χ0n) is 9.58. The molecule has 0 aliphatic rings. The topological polar surface area (TPSA) is 35.5 Å². The molecule has 0 heterocycles. The van der Waals surface area contributed by atoms with Crippen molar-refractivity contribution in [3.8, 4) is 5.75 Å². The van der Waals surface area contributed by atoms with Gasteiger partial charge in [-0.25, -0.2) is 4.79 Å². The standard InChI is InChI=1S/C12H11Br3O3/c1-7(2)12(16)17-6-11(15)18-10-4-3-8(13)5-9(10)14/h3-5,11H,1,6H2,2H3. The van der Waals surface area contributed by atoms with E-state index in [4.69, 9.17) is 9.47 Å². The van der Waals surface area contributed by atoms with Gasteiger partial charge in [-0.05, 0) is 57.0 Å². The zero-order valence-corrected chi connectivity index (χ0v) is 14.3. The molecule has 1 aromatic rings. The van der Waals surface area contributed by atoms with Gasteiger partial charge in [0.05, 0.1) is 4.47 Å². The van der Waals surface area contributed by atoms with Crippen LogP contribution in [0.3, 0.4) is 0 Å². The van der Waals surface area contributed by atoms with Crippen molar-refractivity contribution in [2.45, 2.75) is 11.9 Å². The van der Waals surface area contributed by atoms with Crippen molar-refractivity contribution in [2.75, 3.05) is 6.61 Å². The van der Waals surface area contributed by atoms with Gasteiger partial charge in [0, 0.05) is 10.0 Å². The predicted molar refractivity (Wildman–Crippen MR) is 81.0 cm³/mol. The fourth-order valence-electron chi connectivity index (χ4n) is 1.01. The van der Waals surface area contributed by atoms with Crippen LogP contribution in [0.2, 0.25) is 0 Å². The minimum Gasteiger partial charge on any atom is -0.474 e. The second kappa shape index (κ2) is 7.31. The summed E-state index contributed by atoms with van der Waals surface area (Å²) in [5.74, 6) is 0.226. The molecule has 0 bridgehead atoms. The highest BCUT2D eigenvalue weighted by Gasteiger charge is 2.12. The SMILES string of the molecule is C=C(C)C(=O)OCC(Br)Oc1ccc(Br)cc1Br. The molecule has 1 rings (SSSR count). The number of hydrogen-bond donors (Lipinski definition) is 0. The van der Waals surface area contributed by atoms with Gasteiger partial charge in [0.2, 0.25) is 0 Å². The summed E-state index contributed by atoms with van der Waals surface area (Å²) in [6.45, 7) is 5.20. The van der Waals surface area contributed by atoms with E-state index >= 15 is 0 Å². The summed E-state index contributed by atoms with van der Waals surface area (Å²) in [6.07, 6.45) is 0. The second-order valence-corrected chi connectivity index (χ2v) is 6.27. The average molecular weight is 443 g/mol. The van der Waals surface area contributed by atoms with Crippen molar-refractivity contribution in [2.24, 2.45) is 0 Å². The van der Waals surface area contributed by atoms with E-state index in [2.05, 4.69) is 54.4 Å². The molecule has 0 fully saturated rings. The Labute approximate surface area is 131 Å². The number of carbonyl (C=O) groups is 1. The van der Waals surface area contributed by atoms with Crippen LogP contribution in [0.4, 0.5) is 0 Å². The van der Waals surface area contributed by atoms with Crippen molar-refractivity contribution in [3.63, 3.8) is 0 Å². The van der Waals surface area contributed by atoms with E-state index in [0.717, 1.165) is 8.95 Å². The molecule has 0 N–H and O–H groups in total. The molecule has 3 nitrogen and oxygen atoms in total. The van der Waals surface area contributed by atoms with Crippen LogP contribution in [0, 0.1) is 0 Å². The summed E-state index contributed by atoms with van der Waals surface area (Å²) in [7, 11) is 0. The molecular formula is C12H11Br3O3. The quantitative estimate of drug-likeness (QED) is 0.384. The Balaban J connectivity index is 2.52. The van der Waals surface area contributed by atoms with Gasteiger partial charge in [-0.15, -0.1) is 0 Å². The molecule has 1 aromatic carbocycles. The third-order valence-corrected chi connectivity index (χ3v) is 3.41. The molecule has 0 spiro atoms. The number of carbonyl (C=O) groups excluding carboxylic acids is 1. The average Bonchev–Trinajstić information content (AvgIpc) is 2.29. The Morgan fingerprint density at radius 1 is 1.44 bits per heavy atom. The fraction of sp³-hybridized carbons (Fsp3) is 0.250. The zero-order chi connectivity index (χ0) is 13.7. The molecule has 1 atom stereocenters. The smallest absolute Gasteiger partial charge is 0.333 e. The highest BCUT2D eigenvalue weighted by molar-refractivity contribution is 9.11. The lowest BCUT2D eigenvalue weighted by molar-refractivity contribution is -0.140. The molecule has 18 heavy (non-hydrogen) atoms. The summed E-state index contributed by atoms with van der Waals surface area (Å²) >= 11 is 10.0. The Hall–Kier alpha value is -0.330. The van der Waals surface area contributed by atoms with Gasteiger partial charge in [-0.2, -0.15) is 0 Å². The van der Waals surface area contributed by atoms with Crippen LogP contribution >= 0.6 is 47.8 Å². The first-order chi connectivity index (χ1) is 8.40. The molecular weight excluding hydrogens is 432 g/mol. The van der Waals surface area contributed by atoms with E-state index in [1.807, 2.05) is 18.2 Å². The number of halogens is 3. The van der Waals surface area contributed by atoms with Gasteiger partial charge in [-0.3, -0.25) is 0 Å². The molecule has 0 saturated carbocycles. The lowest BCUT2D eigenvalue weighted by Gasteiger charge is -2.14. The first kappa shape index (κ1) is 15.7. The number of hydrogen-bond acceptors (Lipinski definition) is 3. The maximum atomic E-state index is 11.2. The third-order valence-electron chi connectivity index (χ3n) is 1.84. The van der Waals surface area contributed by atoms with Crippen LogP contribution in [0.15, 0.2) is 39.3 Å². The van der Waals surface area contributed by atoms with Gasteiger partial charge in [0.1, 0.15) is 12.4 Å². The van der Waals surface area contributed by atoms with Crippen LogP contribution in [-0.4, -0.2) is 17.6 Å². The number of ether oxygens (including phenoxy) is 2. The Morgan fingerprint density at radius 3 is 2.67 bits per heavy atom. The van der Waals surface area contributed by atoms with Gasteiger partial charge < -0.3 is 9.47 Å². The molecule has 0 saturated heterocycles. The van der Waals surface area contributed by atoms with E-state index in [0.29, 0.717) is 11.3 Å². The Bertz CT molecular complexity index is 460. The van der Waals surface area contributed by atoms with Crippen molar-refractivity contribution >= 4 is 53.8 Å². The molecule has 0 amide bonds. The van der Waals surface area contributed by atoms with Crippen LogP contribution in [0.25, 0.3) is 0 Å². The monoisotopic (exact) mass is 440 g/mol. The number of esters is 1. The first-order valence-electron chi connectivity index (χ1n) is 4.98. The second-order valence-electron chi connectivity index (χ2n) is 3.48. The maximum absolute atomic E-state index is 11.2. The minimum atomic E-state index is -0.432. The van der Waals surface area contributed by atoms with Crippen LogP contribution in [0.5, 0.6) is 5.75 Å². The van der Waals surface area contributed by atoms with E-state index in [9.17, 15) is 4.79 Å². The van der Waals surface area contributed by atoms with Crippen LogP contribution in [-0.2, 0) is 9.53 Å². The summed E-state index contributed by atoms with van der Waals surface area (Å²) in [5.41, 5.74) is 0.361. The highest BCUT2D eigenvalue weighted by Crippen LogP contribution is 2.29. The van der Waals surface area contributed by atoms with Crippen LogP contribution in [0.1, 0.15) is 6.92 Å². The lowest BCUT2D eigenvalue weighted by atomic mass is 10.3. The summed E-state index contributed by atoms with van der Waals surface area (Å²) in [5, 5.41) is -0.418. The number of benzene rings is 1. The number of rotatable bonds is 5. The van der Waals surface area contributed by atoms with Gasteiger partial charge in [0.25, 0.3) is 0 Å². The van der Waals surface area contributed by atoms with Crippen molar-refractivity contribution in [1.29, 1.82) is 0 Å². The molecule has 0 aliphatic carbocycles. The molecule has 6 heteroatoms.